The lowest BCUT2D eigenvalue weighted by atomic mass is 10.1. The minimum absolute atomic E-state index is 0.0675. The van der Waals surface area contributed by atoms with E-state index in [1.807, 2.05) is 19.1 Å². The minimum Gasteiger partial charge on any atom is -0.356 e. The van der Waals surface area contributed by atoms with E-state index in [4.69, 9.17) is 0 Å². The highest BCUT2D eigenvalue weighted by Gasteiger charge is 2.13. The van der Waals surface area contributed by atoms with Crippen LogP contribution in [0.15, 0.2) is 67.0 Å². The number of fused-ring (bicyclic) bond motifs is 1. The highest BCUT2D eigenvalue weighted by Crippen LogP contribution is 2.28. The Morgan fingerprint density at radius 2 is 1.87 bits per heavy atom. The molecule has 3 aromatic heterocycles. The van der Waals surface area contributed by atoms with Crippen LogP contribution < -0.4 is 5.32 Å². The summed E-state index contributed by atoms with van der Waals surface area (Å²) in [5.41, 5.74) is 4.61. The topological polar surface area (TPSA) is 59.8 Å². The quantitative estimate of drug-likeness (QED) is 0.424. The number of rotatable bonds is 8. The molecule has 0 aliphatic rings. The van der Waals surface area contributed by atoms with Gasteiger partial charge < -0.3 is 9.88 Å². The molecular weight excluding hydrogens is 391 g/mol. The number of amides is 1. The number of aromatic nitrogens is 3. The van der Waals surface area contributed by atoms with Crippen molar-refractivity contribution in [2.75, 3.05) is 6.54 Å². The Morgan fingerprint density at radius 3 is 2.71 bits per heavy atom. The largest absolute Gasteiger partial charge is 0.356 e. The lowest BCUT2D eigenvalue weighted by Gasteiger charge is -2.12. The second kappa shape index (κ2) is 9.51. The van der Waals surface area contributed by atoms with Gasteiger partial charge in [0.2, 0.25) is 5.91 Å². The van der Waals surface area contributed by atoms with E-state index in [1.54, 1.807) is 30.6 Å². The van der Waals surface area contributed by atoms with E-state index in [0.29, 0.717) is 18.5 Å². The number of benzene rings is 1. The molecule has 1 amide bonds. The van der Waals surface area contributed by atoms with Gasteiger partial charge >= 0.3 is 0 Å². The number of pyridine rings is 2. The van der Waals surface area contributed by atoms with Gasteiger partial charge in [0, 0.05) is 48.5 Å². The molecule has 3 heterocycles. The highest BCUT2D eigenvalue weighted by molar-refractivity contribution is 5.84. The molecule has 158 valence electrons. The van der Waals surface area contributed by atoms with E-state index in [0.717, 1.165) is 41.0 Å². The Bertz CT molecular complexity index is 1200. The first kappa shape index (κ1) is 20.7. The molecular formula is C25H25FN4O. The molecule has 0 aliphatic heterocycles. The van der Waals surface area contributed by atoms with Gasteiger partial charge in [-0.3, -0.25) is 9.78 Å². The van der Waals surface area contributed by atoms with Crippen LogP contribution in [0.4, 0.5) is 4.39 Å². The molecule has 31 heavy (non-hydrogen) atoms. The van der Waals surface area contributed by atoms with Crippen molar-refractivity contribution in [3.63, 3.8) is 0 Å². The fraction of sp³-hybridized carbons (Fsp3) is 0.240. The first-order valence-electron chi connectivity index (χ1n) is 10.5. The molecule has 1 N–H and O–H groups in total. The summed E-state index contributed by atoms with van der Waals surface area (Å²) in [6.07, 6.45) is 5.02. The number of halogens is 1. The van der Waals surface area contributed by atoms with E-state index >= 15 is 0 Å². The summed E-state index contributed by atoms with van der Waals surface area (Å²) in [6, 6.07) is 16.7. The normalized spacial score (nSPS) is 11.0. The van der Waals surface area contributed by atoms with Crippen molar-refractivity contribution in [3.05, 3.63) is 84.1 Å². The Hall–Kier alpha value is -3.54. The molecule has 5 nitrogen and oxygen atoms in total. The second-order valence-corrected chi connectivity index (χ2v) is 7.53. The predicted molar refractivity (Wildman–Crippen MR) is 120 cm³/mol. The summed E-state index contributed by atoms with van der Waals surface area (Å²) in [6.45, 7) is 3.27. The van der Waals surface area contributed by atoms with Crippen LogP contribution in [0.3, 0.4) is 0 Å². The van der Waals surface area contributed by atoms with E-state index in [-0.39, 0.29) is 18.1 Å². The highest BCUT2D eigenvalue weighted by atomic mass is 19.1. The summed E-state index contributed by atoms with van der Waals surface area (Å²) in [4.78, 5) is 21.2. The third kappa shape index (κ3) is 4.79. The molecule has 0 saturated heterocycles. The number of nitrogens with one attached hydrogen (secondary N) is 1. The van der Waals surface area contributed by atoms with Gasteiger partial charge in [-0.2, -0.15) is 0 Å². The SMILES string of the molecule is Cc1ncccc1-c1cc2cccnc2n1CCCNC(=O)CCc1ccccc1F. The fourth-order valence-electron chi connectivity index (χ4n) is 3.79. The first-order chi connectivity index (χ1) is 15.1. The Kier molecular flexibility index (Phi) is 6.36. The zero-order valence-electron chi connectivity index (χ0n) is 17.5. The Balaban J connectivity index is 1.39. The molecule has 0 bridgehead atoms. The summed E-state index contributed by atoms with van der Waals surface area (Å²) < 4.78 is 15.9. The zero-order chi connectivity index (χ0) is 21.6. The maximum Gasteiger partial charge on any atom is 0.220 e. The van der Waals surface area contributed by atoms with Crippen LogP contribution in [0.2, 0.25) is 0 Å². The van der Waals surface area contributed by atoms with Gasteiger partial charge in [0.05, 0.1) is 5.69 Å². The summed E-state index contributed by atoms with van der Waals surface area (Å²) >= 11 is 0. The fourth-order valence-corrected chi connectivity index (χ4v) is 3.79. The average molecular weight is 417 g/mol. The summed E-state index contributed by atoms with van der Waals surface area (Å²) in [7, 11) is 0. The molecule has 0 fully saturated rings. The predicted octanol–water partition coefficient (Wildman–Crippen LogP) is 4.68. The zero-order valence-corrected chi connectivity index (χ0v) is 17.5. The van der Waals surface area contributed by atoms with Crippen LogP contribution in [-0.2, 0) is 17.8 Å². The van der Waals surface area contributed by atoms with Crippen LogP contribution in [0, 0.1) is 12.7 Å². The monoisotopic (exact) mass is 416 g/mol. The maximum absolute atomic E-state index is 13.7. The number of nitrogens with zero attached hydrogens (tertiary/aromatic N) is 3. The Labute approximate surface area is 181 Å². The number of hydrogen-bond acceptors (Lipinski definition) is 3. The maximum atomic E-state index is 13.7. The third-order valence-corrected chi connectivity index (χ3v) is 5.40. The summed E-state index contributed by atoms with van der Waals surface area (Å²) in [5.74, 6) is -0.331. The number of aryl methyl sites for hydroxylation is 3. The van der Waals surface area contributed by atoms with Crippen molar-refractivity contribution in [1.29, 1.82) is 0 Å². The third-order valence-electron chi connectivity index (χ3n) is 5.40. The van der Waals surface area contributed by atoms with Crippen molar-refractivity contribution in [1.82, 2.24) is 19.9 Å². The van der Waals surface area contributed by atoms with E-state index in [1.165, 1.54) is 6.07 Å². The van der Waals surface area contributed by atoms with Gasteiger partial charge in [0.1, 0.15) is 11.5 Å². The van der Waals surface area contributed by atoms with E-state index in [2.05, 4.69) is 38.1 Å². The Morgan fingerprint density at radius 1 is 1.06 bits per heavy atom. The van der Waals surface area contributed by atoms with Gasteiger partial charge in [-0.05, 0) is 61.7 Å². The second-order valence-electron chi connectivity index (χ2n) is 7.53. The number of hydrogen-bond donors (Lipinski definition) is 1. The van der Waals surface area contributed by atoms with Crippen LogP contribution in [0.25, 0.3) is 22.3 Å². The van der Waals surface area contributed by atoms with Crippen molar-refractivity contribution < 1.29 is 9.18 Å². The van der Waals surface area contributed by atoms with Crippen molar-refractivity contribution in [2.24, 2.45) is 0 Å². The standard InChI is InChI=1S/C25H25FN4O/c1-18-21(9-5-13-27-18)23-17-20-8-4-14-29-25(20)30(23)16-6-15-28-24(31)12-11-19-7-2-3-10-22(19)26/h2-5,7-10,13-14,17H,6,11-12,15-16H2,1H3,(H,28,31). The molecule has 0 saturated carbocycles. The van der Waals surface area contributed by atoms with Gasteiger partial charge in [-0.25, -0.2) is 9.37 Å². The van der Waals surface area contributed by atoms with Crippen LogP contribution >= 0.6 is 0 Å². The molecule has 0 radical (unpaired) electrons. The van der Waals surface area contributed by atoms with Gasteiger partial charge in [0.15, 0.2) is 0 Å². The van der Waals surface area contributed by atoms with Crippen LogP contribution in [-0.4, -0.2) is 27.0 Å². The molecule has 6 heteroatoms. The van der Waals surface area contributed by atoms with Crippen molar-refractivity contribution in [3.8, 4) is 11.3 Å². The lowest BCUT2D eigenvalue weighted by Crippen LogP contribution is -2.25. The van der Waals surface area contributed by atoms with E-state index < -0.39 is 0 Å². The minimum atomic E-state index is -0.263. The lowest BCUT2D eigenvalue weighted by molar-refractivity contribution is -0.121. The molecule has 0 aliphatic carbocycles. The molecule has 0 atom stereocenters. The molecule has 0 unspecified atom stereocenters. The average Bonchev–Trinajstić information content (AvgIpc) is 3.15. The molecule has 4 rings (SSSR count). The van der Waals surface area contributed by atoms with Crippen LogP contribution in [0.5, 0.6) is 0 Å². The van der Waals surface area contributed by atoms with Gasteiger partial charge in [0.25, 0.3) is 0 Å². The van der Waals surface area contributed by atoms with Gasteiger partial charge in [-0.1, -0.05) is 18.2 Å². The first-order valence-corrected chi connectivity index (χ1v) is 10.5. The smallest absolute Gasteiger partial charge is 0.220 e. The van der Waals surface area contributed by atoms with Crippen molar-refractivity contribution >= 4 is 16.9 Å². The molecule has 1 aromatic carbocycles. The molecule has 4 aromatic rings. The van der Waals surface area contributed by atoms with Crippen LogP contribution in [0.1, 0.15) is 24.1 Å². The number of carbonyl (C=O) groups is 1. The molecule has 0 spiro atoms. The van der Waals surface area contributed by atoms with Gasteiger partial charge in [-0.15, -0.1) is 0 Å². The van der Waals surface area contributed by atoms with Crippen molar-refractivity contribution in [2.45, 2.75) is 32.7 Å². The number of carbonyl (C=O) groups excluding carboxylic acids is 1. The van der Waals surface area contributed by atoms with E-state index in [9.17, 15) is 9.18 Å². The summed E-state index contributed by atoms with van der Waals surface area (Å²) in [5, 5.41) is 4.02.